The second-order valence-electron chi connectivity index (χ2n) is 11.9. The molecule has 0 aromatic heterocycles. The predicted molar refractivity (Wildman–Crippen MR) is 155 cm³/mol. The summed E-state index contributed by atoms with van der Waals surface area (Å²) in [7, 11) is 3.46. The van der Waals surface area contributed by atoms with E-state index in [-0.39, 0.29) is 23.8 Å². The van der Waals surface area contributed by atoms with Crippen LogP contribution in [0.4, 0.5) is 0 Å². The summed E-state index contributed by atoms with van der Waals surface area (Å²) in [6.45, 7) is 11.1. The van der Waals surface area contributed by atoms with Crippen LogP contribution in [0.15, 0.2) is 18.2 Å². The number of amides is 1. The van der Waals surface area contributed by atoms with Crippen LogP contribution in [-0.2, 0) is 22.4 Å². The first kappa shape index (κ1) is 32.5. The monoisotopic (exact) mass is 533 g/mol. The van der Waals surface area contributed by atoms with Crippen molar-refractivity contribution in [1.29, 1.82) is 0 Å². The van der Waals surface area contributed by atoms with Crippen LogP contribution in [0.2, 0.25) is 0 Å². The molecule has 1 aliphatic heterocycles. The highest BCUT2D eigenvalue weighted by molar-refractivity contribution is 5.78. The fourth-order valence-electron chi connectivity index (χ4n) is 5.48. The number of carbonyl (C=O) groups excluding carboxylic acids is 1. The SMILES string of the molecule is COCCCCc1cc(CC(CC(N)C(O)CC(C(=O)NN2CCCCC2)C(C)C)C(C)C)ccc1OC. The molecule has 0 spiro atoms. The number of aliphatic hydroxyl groups is 1. The lowest BCUT2D eigenvalue weighted by molar-refractivity contribution is -0.133. The first-order valence-corrected chi connectivity index (χ1v) is 14.8. The van der Waals surface area contributed by atoms with Gasteiger partial charge in [0.2, 0.25) is 5.91 Å². The summed E-state index contributed by atoms with van der Waals surface area (Å²) in [5, 5.41) is 13.1. The summed E-state index contributed by atoms with van der Waals surface area (Å²) in [6.07, 6.45) is 7.76. The van der Waals surface area contributed by atoms with Crippen LogP contribution in [0.25, 0.3) is 0 Å². The molecule has 4 atom stereocenters. The maximum Gasteiger partial charge on any atom is 0.237 e. The largest absolute Gasteiger partial charge is 0.496 e. The fourth-order valence-corrected chi connectivity index (χ4v) is 5.48. The number of hydrogen-bond acceptors (Lipinski definition) is 6. The van der Waals surface area contributed by atoms with Crippen molar-refractivity contribution in [3.05, 3.63) is 29.3 Å². The zero-order chi connectivity index (χ0) is 28.1. The summed E-state index contributed by atoms with van der Waals surface area (Å²) < 4.78 is 10.8. The Kier molecular flexibility index (Phi) is 14.7. The van der Waals surface area contributed by atoms with Gasteiger partial charge in [-0.25, -0.2) is 5.01 Å². The number of aliphatic hydroxyl groups excluding tert-OH is 1. The number of carbonyl (C=O) groups is 1. The zero-order valence-electron chi connectivity index (χ0n) is 24.9. The minimum atomic E-state index is -0.719. The third-order valence-electron chi connectivity index (χ3n) is 8.16. The molecule has 1 heterocycles. The van der Waals surface area contributed by atoms with Crippen molar-refractivity contribution in [3.8, 4) is 5.75 Å². The molecule has 0 saturated carbocycles. The summed E-state index contributed by atoms with van der Waals surface area (Å²) in [5.41, 5.74) is 12.2. The van der Waals surface area contributed by atoms with Gasteiger partial charge in [0.1, 0.15) is 5.75 Å². The smallest absolute Gasteiger partial charge is 0.237 e. The average Bonchev–Trinajstić information content (AvgIpc) is 2.89. The maximum atomic E-state index is 13.1. The number of methoxy groups -OCH3 is 2. The molecule has 7 nitrogen and oxygen atoms in total. The second-order valence-corrected chi connectivity index (χ2v) is 11.9. The van der Waals surface area contributed by atoms with Crippen molar-refractivity contribution in [2.75, 3.05) is 33.9 Å². The van der Waals surface area contributed by atoms with Gasteiger partial charge in [0.15, 0.2) is 0 Å². The Morgan fingerprint density at radius 3 is 2.37 bits per heavy atom. The summed E-state index contributed by atoms with van der Waals surface area (Å²) >= 11 is 0. The van der Waals surface area contributed by atoms with Crippen LogP contribution in [-0.4, -0.2) is 62.1 Å². The number of ether oxygens (including phenoxy) is 2. The number of unbranched alkanes of at least 4 members (excludes halogenated alkanes) is 1. The lowest BCUT2D eigenvalue weighted by Gasteiger charge is -2.32. The molecule has 1 saturated heterocycles. The number of hydrazine groups is 1. The van der Waals surface area contributed by atoms with Crippen LogP contribution < -0.4 is 15.9 Å². The highest BCUT2D eigenvalue weighted by atomic mass is 16.5. The average molecular weight is 534 g/mol. The number of nitrogens with one attached hydrogen (secondary N) is 1. The molecule has 1 aromatic carbocycles. The number of nitrogens with zero attached hydrogens (tertiary/aromatic N) is 1. The van der Waals surface area contributed by atoms with Crippen LogP contribution in [0.1, 0.15) is 83.8 Å². The Morgan fingerprint density at radius 1 is 1.05 bits per heavy atom. The first-order valence-electron chi connectivity index (χ1n) is 14.8. The van der Waals surface area contributed by atoms with Gasteiger partial charge < -0.3 is 20.3 Å². The number of benzene rings is 1. The summed E-state index contributed by atoms with van der Waals surface area (Å²) in [4.78, 5) is 13.1. The standard InChI is InChI=1S/C31H55N3O4/c1-22(2)26(19-24-13-14-30(38-6)25(18-24)12-8-11-17-37-5)20-28(32)29(35)21-27(23(3)4)31(36)33-34-15-9-7-10-16-34/h13-14,18,22-23,26-29,35H,7-12,15-17,19-21,32H2,1-6H3,(H,33,36). The fraction of sp³-hybridized carbons (Fsp3) is 0.774. The van der Waals surface area contributed by atoms with E-state index >= 15 is 0 Å². The van der Waals surface area contributed by atoms with Gasteiger partial charge in [0.25, 0.3) is 0 Å². The van der Waals surface area contributed by atoms with E-state index in [4.69, 9.17) is 15.2 Å². The quantitative estimate of drug-likeness (QED) is 0.250. The van der Waals surface area contributed by atoms with Crippen LogP contribution in [0.5, 0.6) is 5.75 Å². The van der Waals surface area contributed by atoms with E-state index in [0.717, 1.165) is 64.0 Å². The molecule has 0 radical (unpaired) electrons. The van der Waals surface area contributed by atoms with Gasteiger partial charge in [-0.3, -0.25) is 10.2 Å². The number of aryl methyl sites for hydroxylation is 1. The third kappa shape index (κ3) is 10.8. The number of hydrogen-bond donors (Lipinski definition) is 3. The Labute approximate surface area is 231 Å². The minimum absolute atomic E-state index is 0.00446. The number of piperidine rings is 1. The van der Waals surface area contributed by atoms with Crippen molar-refractivity contribution < 1.29 is 19.4 Å². The van der Waals surface area contributed by atoms with Crippen LogP contribution in [0.3, 0.4) is 0 Å². The second kappa shape index (κ2) is 17.1. The third-order valence-corrected chi connectivity index (χ3v) is 8.16. The van der Waals surface area contributed by atoms with E-state index in [2.05, 4.69) is 37.5 Å². The Bertz CT molecular complexity index is 810. The Balaban J connectivity index is 2.00. The Morgan fingerprint density at radius 2 is 1.76 bits per heavy atom. The molecule has 1 aromatic rings. The van der Waals surface area contributed by atoms with Crippen molar-refractivity contribution in [1.82, 2.24) is 10.4 Å². The molecule has 2 rings (SSSR count). The molecule has 1 amide bonds. The molecule has 7 heteroatoms. The molecular formula is C31H55N3O4. The topological polar surface area (TPSA) is 97.1 Å². The highest BCUT2D eigenvalue weighted by Crippen LogP contribution is 2.28. The number of rotatable bonds is 17. The maximum absolute atomic E-state index is 13.1. The summed E-state index contributed by atoms with van der Waals surface area (Å²) in [5.74, 6) is 1.55. The van der Waals surface area contributed by atoms with Crippen molar-refractivity contribution >= 4 is 5.91 Å². The van der Waals surface area contributed by atoms with Gasteiger partial charge in [-0.2, -0.15) is 0 Å². The lowest BCUT2D eigenvalue weighted by Crippen LogP contribution is -2.49. The van der Waals surface area contributed by atoms with Gasteiger partial charge >= 0.3 is 0 Å². The highest BCUT2D eigenvalue weighted by Gasteiger charge is 2.30. The van der Waals surface area contributed by atoms with Crippen LogP contribution in [0, 0.1) is 23.7 Å². The van der Waals surface area contributed by atoms with Gasteiger partial charge in [-0.1, -0.05) is 46.2 Å². The van der Waals surface area contributed by atoms with Crippen molar-refractivity contribution in [3.63, 3.8) is 0 Å². The van der Waals surface area contributed by atoms with Crippen molar-refractivity contribution in [2.45, 2.75) is 97.6 Å². The molecule has 1 fully saturated rings. The van der Waals surface area contributed by atoms with Crippen molar-refractivity contribution in [2.24, 2.45) is 29.4 Å². The van der Waals surface area contributed by atoms with E-state index in [1.807, 2.05) is 18.9 Å². The molecule has 4 N–H and O–H groups in total. The predicted octanol–water partition coefficient (Wildman–Crippen LogP) is 4.74. The molecule has 38 heavy (non-hydrogen) atoms. The van der Waals surface area contributed by atoms with Gasteiger partial charge in [0.05, 0.1) is 13.2 Å². The van der Waals surface area contributed by atoms with E-state index in [9.17, 15) is 9.90 Å². The molecule has 1 aliphatic rings. The minimum Gasteiger partial charge on any atom is -0.496 e. The lowest BCUT2D eigenvalue weighted by atomic mass is 9.80. The van der Waals surface area contributed by atoms with E-state index in [1.165, 1.54) is 17.5 Å². The van der Waals surface area contributed by atoms with E-state index < -0.39 is 6.10 Å². The molecule has 218 valence electrons. The zero-order valence-corrected chi connectivity index (χ0v) is 24.9. The molecule has 4 unspecified atom stereocenters. The molecule has 0 bridgehead atoms. The van der Waals surface area contributed by atoms with Crippen LogP contribution >= 0.6 is 0 Å². The van der Waals surface area contributed by atoms with E-state index in [0.29, 0.717) is 24.7 Å². The normalized spacial score (nSPS) is 17.8. The molecule has 0 aliphatic carbocycles. The van der Waals surface area contributed by atoms with E-state index in [1.54, 1.807) is 14.2 Å². The number of nitrogens with two attached hydrogens (primary N) is 1. The molecular weight excluding hydrogens is 478 g/mol. The first-order chi connectivity index (χ1) is 18.2. The Hall–Kier alpha value is -1.67. The van der Waals surface area contributed by atoms with Gasteiger partial charge in [-0.05, 0) is 86.3 Å². The summed E-state index contributed by atoms with van der Waals surface area (Å²) in [6, 6.07) is 6.11. The van der Waals surface area contributed by atoms with Gasteiger partial charge in [0, 0.05) is 38.8 Å². The van der Waals surface area contributed by atoms with Gasteiger partial charge in [-0.15, -0.1) is 0 Å².